The highest BCUT2D eigenvalue weighted by Gasteiger charge is 2.21. The van der Waals surface area contributed by atoms with Gasteiger partial charge in [-0.2, -0.15) is 5.10 Å². The number of hydrogen-bond donors (Lipinski definition) is 1. The number of rotatable bonds is 5. The molecule has 0 fully saturated rings. The minimum Gasteiger partial charge on any atom is -0.479 e. The molecule has 0 bridgehead atoms. The van der Waals surface area contributed by atoms with Crippen LogP contribution in [0.3, 0.4) is 0 Å². The van der Waals surface area contributed by atoms with E-state index < -0.39 is 12.1 Å². The van der Waals surface area contributed by atoms with E-state index >= 15 is 0 Å². The normalized spacial score (nSPS) is 12.7. The van der Waals surface area contributed by atoms with Crippen LogP contribution in [0.2, 0.25) is 0 Å². The number of carbonyl (C=O) groups is 1. The molecule has 0 radical (unpaired) electrons. The first kappa shape index (κ1) is 11.0. The van der Waals surface area contributed by atoms with Gasteiger partial charge in [0.1, 0.15) is 0 Å². The highest BCUT2D eigenvalue weighted by atomic mass is 35.5. The van der Waals surface area contributed by atoms with Gasteiger partial charge in [0.2, 0.25) is 0 Å². The smallest absolute Gasteiger partial charge is 0.337 e. The molecule has 1 rings (SSSR count). The van der Waals surface area contributed by atoms with Crippen LogP contribution in [-0.4, -0.2) is 33.3 Å². The van der Waals surface area contributed by atoms with E-state index in [9.17, 15) is 4.79 Å². The van der Waals surface area contributed by atoms with Gasteiger partial charge in [0.25, 0.3) is 0 Å². The van der Waals surface area contributed by atoms with Crippen LogP contribution in [0, 0.1) is 0 Å². The maximum Gasteiger partial charge on any atom is 0.337 e. The highest BCUT2D eigenvalue weighted by molar-refractivity contribution is 6.17. The SMILES string of the molecule is Cn1cc(C(OCCCl)C(=O)O)cn1. The van der Waals surface area contributed by atoms with Crippen molar-refractivity contribution in [1.29, 1.82) is 0 Å². The zero-order valence-corrected chi connectivity index (χ0v) is 8.44. The molecule has 1 aromatic heterocycles. The third-order valence-corrected chi connectivity index (χ3v) is 1.77. The fourth-order valence-electron chi connectivity index (χ4n) is 1.05. The average Bonchev–Trinajstić information content (AvgIpc) is 2.52. The van der Waals surface area contributed by atoms with Crippen LogP contribution in [-0.2, 0) is 16.6 Å². The Morgan fingerprint density at radius 3 is 3.00 bits per heavy atom. The molecule has 78 valence electrons. The van der Waals surface area contributed by atoms with E-state index in [2.05, 4.69) is 5.10 Å². The third-order valence-electron chi connectivity index (χ3n) is 1.61. The van der Waals surface area contributed by atoms with Gasteiger partial charge in [-0.05, 0) is 0 Å². The molecule has 14 heavy (non-hydrogen) atoms. The summed E-state index contributed by atoms with van der Waals surface area (Å²) < 4.78 is 6.59. The summed E-state index contributed by atoms with van der Waals surface area (Å²) in [5.74, 6) is -0.771. The molecular weight excluding hydrogens is 208 g/mol. The van der Waals surface area contributed by atoms with Crippen molar-refractivity contribution < 1.29 is 14.6 Å². The number of aromatic nitrogens is 2. The minimum absolute atomic E-state index is 0.202. The second-order valence-corrected chi connectivity index (χ2v) is 3.10. The molecule has 0 aliphatic carbocycles. The lowest BCUT2D eigenvalue weighted by atomic mass is 10.2. The van der Waals surface area contributed by atoms with Crippen molar-refractivity contribution in [3.63, 3.8) is 0 Å². The molecule has 0 saturated heterocycles. The number of nitrogens with zero attached hydrogens (tertiary/aromatic N) is 2. The predicted molar refractivity (Wildman–Crippen MR) is 50.3 cm³/mol. The number of aryl methyl sites for hydroxylation is 1. The lowest BCUT2D eigenvalue weighted by Gasteiger charge is -2.09. The Balaban J connectivity index is 2.72. The van der Waals surface area contributed by atoms with Gasteiger partial charge in [-0.15, -0.1) is 11.6 Å². The Kier molecular flexibility index (Phi) is 3.91. The van der Waals surface area contributed by atoms with E-state index in [4.69, 9.17) is 21.4 Å². The first-order chi connectivity index (χ1) is 6.65. The fourth-order valence-corrected chi connectivity index (χ4v) is 1.14. The van der Waals surface area contributed by atoms with Crippen molar-refractivity contribution in [3.8, 4) is 0 Å². The summed E-state index contributed by atoms with van der Waals surface area (Å²) >= 11 is 5.40. The van der Waals surface area contributed by atoms with Crippen LogP contribution in [0.25, 0.3) is 0 Å². The van der Waals surface area contributed by atoms with Crippen LogP contribution in [0.5, 0.6) is 0 Å². The molecule has 0 spiro atoms. The zero-order chi connectivity index (χ0) is 10.6. The first-order valence-electron chi connectivity index (χ1n) is 4.04. The van der Waals surface area contributed by atoms with Crippen molar-refractivity contribution >= 4 is 17.6 Å². The second kappa shape index (κ2) is 4.97. The van der Waals surface area contributed by atoms with Crippen molar-refractivity contribution in [2.45, 2.75) is 6.10 Å². The maximum atomic E-state index is 10.8. The van der Waals surface area contributed by atoms with Gasteiger partial charge in [0.15, 0.2) is 6.10 Å². The van der Waals surface area contributed by atoms with E-state index in [0.29, 0.717) is 5.56 Å². The molecule has 1 N–H and O–H groups in total. The van der Waals surface area contributed by atoms with Gasteiger partial charge in [0.05, 0.1) is 12.8 Å². The summed E-state index contributed by atoms with van der Waals surface area (Å²) in [5, 5.41) is 12.7. The van der Waals surface area contributed by atoms with Gasteiger partial charge in [-0.3, -0.25) is 4.68 Å². The quantitative estimate of drug-likeness (QED) is 0.743. The van der Waals surface area contributed by atoms with E-state index in [0.717, 1.165) is 0 Å². The molecule has 5 nitrogen and oxygen atoms in total. The summed E-state index contributed by atoms with van der Waals surface area (Å²) in [7, 11) is 1.71. The number of alkyl halides is 1. The second-order valence-electron chi connectivity index (χ2n) is 2.73. The maximum absolute atomic E-state index is 10.8. The standard InChI is InChI=1S/C8H11ClN2O3/c1-11-5-6(4-10-11)7(8(12)13)14-3-2-9/h4-5,7H,2-3H2,1H3,(H,12,13). The summed E-state index contributed by atoms with van der Waals surface area (Å²) in [6, 6.07) is 0. The molecule has 0 aliphatic heterocycles. The van der Waals surface area contributed by atoms with Gasteiger partial charge in [0, 0.05) is 24.7 Å². The molecule has 1 atom stereocenters. The molecule has 0 aliphatic rings. The molecular formula is C8H11ClN2O3. The summed E-state index contributed by atoms with van der Waals surface area (Å²) in [6.07, 6.45) is 2.09. The predicted octanol–water partition coefficient (Wildman–Crippen LogP) is 0.801. The number of carboxylic acid groups (broad SMARTS) is 1. The highest BCUT2D eigenvalue weighted by Crippen LogP contribution is 2.16. The number of halogens is 1. The molecule has 1 heterocycles. The molecule has 0 saturated carbocycles. The summed E-state index contributed by atoms with van der Waals surface area (Å²) in [6.45, 7) is 0.202. The third kappa shape index (κ3) is 2.71. The van der Waals surface area contributed by atoms with Crippen LogP contribution in [0.4, 0.5) is 0 Å². The van der Waals surface area contributed by atoms with Gasteiger partial charge in [-0.25, -0.2) is 4.79 Å². The Morgan fingerprint density at radius 2 is 2.57 bits per heavy atom. The molecule has 1 unspecified atom stereocenters. The summed E-state index contributed by atoms with van der Waals surface area (Å²) in [4.78, 5) is 10.8. The van der Waals surface area contributed by atoms with E-state index in [1.54, 1.807) is 13.2 Å². The largest absolute Gasteiger partial charge is 0.479 e. The van der Waals surface area contributed by atoms with E-state index in [-0.39, 0.29) is 12.5 Å². The number of hydrogen-bond acceptors (Lipinski definition) is 3. The van der Waals surface area contributed by atoms with E-state index in [1.165, 1.54) is 10.9 Å². The minimum atomic E-state index is -1.04. The fraction of sp³-hybridized carbons (Fsp3) is 0.500. The van der Waals surface area contributed by atoms with Crippen LogP contribution < -0.4 is 0 Å². The molecule has 1 aromatic rings. The van der Waals surface area contributed by atoms with Crippen LogP contribution in [0.15, 0.2) is 12.4 Å². The van der Waals surface area contributed by atoms with E-state index in [1.807, 2.05) is 0 Å². The molecule has 0 aromatic carbocycles. The van der Waals surface area contributed by atoms with Crippen LogP contribution in [0.1, 0.15) is 11.7 Å². The van der Waals surface area contributed by atoms with Gasteiger partial charge in [-0.1, -0.05) is 0 Å². The monoisotopic (exact) mass is 218 g/mol. The van der Waals surface area contributed by atoms with Crippen molar-refractivity contribution in [2.75, 3.05) is 12.5 Å². The number of ether oxygens (including phenoxy) is 1. The first-order valence-corrected chi connectivity index (χ1v) is 4.57. The lowest BCUT2D eigenvalue weighted by molar-refractivity contribution is -0.150. The zero-order valence-electron chi connectivity index (χ0n) is 7.68. The van der Waals surface area contributed by atoms with Crippen molar-refractivity contribution in [1.82, 2.24) is 9.78 Å². The van der Waals surface area contributed by atoms with Crippen molar-refractivity contribution in [3.05, 3.63) is 18.0 Å². The molecule has 0 amide bonds. The Morgan fingerprint density at radius 1 is 1.86 bits per heavy atom. The number of carboxylic acids is 1. The molecule has 6 heteroatoms. The Labute approximate surface area is 86.2 Å². The number of aliphatic carboxylic acids is 1. The van der Waals surface area contributed by atoms with Gasteiger partial charge >= 0.3 is 5.97 Å². The topological polar surface area (TPSA) is 64.3 Å². The average molecular weight is 219 g/mol. The Bertz CT molecular complexity index is 313. The van der Waals surface area contributed by atoms with Crippen molar-refractivity contribution in [2.24, 2.45) is 7.05 Å². The Hall–Kier alpha value is -1.07. The van der Waals surface area contributed by atoms with Crippen LogP contribution >= 0.6 is 11.6 Å². The lowest BCUT2D eigenvalue weighted by Crippen LogP contribution is -2.16. The summed E-state index contributed by atoms with van der Waals surface area (Å²) in [5.41, 5.74) is 0.519. The van der Waals surface area contributed by atoms with Gasteiger partial charge < -0.3 is 9.84 Å².